The number of carbonyl (C=O) groups is 2. The number of carbonyl (C=O) groups excluding carboxylic acids is 1. The van der Waals surface area contributed by atoms with Crippen molar-refractivity contribution in [1.29, 1.82) is 0 Å². The van der Waals surface area contributed by atoms with Gasteiger partial charge in [0.15, 0.2) is 0 Å². The predicted octanol–water partition coefficient (Wildman–Crippen LogP) is 14.5. The molecule has 0 aromatic heterocycles. The Morgan fingerprint density at radius 2 is 0.696 bits per heavy atom. The number of carboxylic acids is 1. The third-order valence-corrected chi connectivity index (χ3v) is 9.81. The lowest BCUT2D eigenvalue weighted by atomic mass is 10.0. The Labute approximate surface area is 288 Å². The summed E-state index contributed by atoms with van der Waals surface area (Å²) < 4.78 is 5.89. The van der Waals surface area contributed by atoms with E-state index >= 15 is 0 Å². The Hall–Kier alpha value is -1.06. The highest BCUT2D eigenvalue weighted by molar-refractivity contribution is 5.69. The van der Waals surface area contributed by atoms with Gasteiger partial charge in [0.1, 0.15) is 6.10 Å². The van der Waals surface area contributed by atoms with Crippen LogP contribution in [0.15, 0.2) is 0 Å². The molecule has 0 radical (unpaired) electrons. The Kier molecular flexibility index (Phi) is 37.5. The third kappa shape index (κ3) is 37.4. The van der Waals surface area contributed by atoms with Gasteiger partial charge in [-0.25, -0.2) is 0 Å². The van der Waals surface area contributed by atoms with E-state index in [9.17, 15) is 9.59 Å². The quantitative estimate of drug-likeness (QED) is 0.0531. The molecular formula is C42H82O4. The summed E-state index contributed by atoms with van der Waals surface area (Å²) in [5.41, 5.74) is 0. The Morgan fingerprint density at radius 1 is 0.391 bits per heavy atom. The molecule has 0 aliphatic carbocycles. The summed E-state index contributed by atoms with van der Waals surface area (Å²) in [6, 6.07) is 0. The van der Waals surface area contributed by atoms with E-state index in [4.69, 9.17) is 9.84 Å². The van der Waals surface area contributed by atoms with Gasteiger partial charge in [0.25, 0.3) is 0 Å². The van der Waals surface area contributed by atoms with Gasteiger partial charge in [0.2, 0.25) is 0 Å². The van der Waals surface area contributed by atoms with Gasteiger partial charge >= 0.3 is 11.9 Å². The molecule has 0 bridgehead atoms. The lowest BCUT2D eigenvalue weighted by molar-refractivity contribution is -0.150. The van der Waals surface area contributed by atoms with Crippen molar-refractivity contribution in [3.8, 4) is 0 Å². The van der Waals surface area contributed by atoms with Crippen LogP contribution in [0, 0.1) is 0 Å². The zero-order valence-corrected chi connectivity index (χ0v) is 31.4. The molecule has 0 saturated heterocycles. The molecule has 0 aliphatic rings. The van der Waals surface area contributed by atoms with Gasteiger partial charge in [-0.05, 0) is 32.1 Å². The van der Waals surface area contributed by atoms with Crippen LogP contribution in [-0.4, -0.2) is 23.1 Å². The second kappa shape index (κ2) is 38.4. The van der Waals surface area contributed by atoms with Crippen molar-refractivity contribution in [2.45, 2.75) is 258 Å². The maximum atomic E-state index is 12.4. The molecule has 0 amide bonds. The first-order valence-electron chi connectivity index (χ1n) is 21.0. The minimum absolute atomic E-state index is 0.0372. The number of aliphatic carboxylic acids is 1. The van der Waals surface area contributed by atoms with E-state index in [1.165, 1.54) is 186 Å². The van der Waals surface area contributed by atoms with Crippen LogP contribution >= 0.6 is 0 Å². The topological polar surface area (TPSA) is 63.6 Å². The fourth-order valence-electron chi connectivity index (χ4n) is 6.77. The normalized spacial score (nSPS) is 12.0. The zero-order chi connectivity index (χ0) is 33.6. The lowest BCUT2D eigenvalue weighted by Gasteiger charge is -2.17. The number of esters is 1. The van der Waals surface area contributed by atoms with Crippen molar-refractivity contribution in [3.63, 3.8) is 0 Å². The van der Waals surface area contributed by atoms with E-state index < -0.39 is 5.97 Å². The highest BCUT2D eigenvalue weighted by atomic mass is 16.5. The molecule has 0 fully saturated rings. The summed E-state index contributed by atoms with van der Waals surface area (Å²) in [6.07, 6.45) is 46.3. The highest BCUT2D eigenvalue weighted by Crippen LogP contribution is 2.18. The molecule has 1 atom stereocenters. The predicted molar refractivity (Wildman–Crippen MR) is 200 cm³/mol. The van der Waals surface area contributed by atoms with Crippen molar-refractivity contribution in [1.82, 2.24) is 0 Å². The summed E-state index contributed by atoms with van der Waals surface area (Å²) >= 11 is 0. The van der Waals surface area contributed by atoms with Crippen molar-refractivity contribution < 1.29 is 19.4 Å². The van der Waals surface area contributed by atoms with Crippen LogP contribution in [0.2, 0.25) is 0 Å². The van der Waals surface area contributed by atoms with Crippen LogP contribution in [0.3, 0.4) is 0 Å². The first-order chi connectivity index (χ1) is 22.6. The molecule has 0 aliphatic heterocycles. The van der Waals surface area contributed by atoms with E-state index in [0.29, 0.717) is 12.8 Å². The average Bonchev–Trinajstić information content (AvgIpc) is 3.03. The van der Waals surface area contributed by atoms with E-state index in [1.807, 2.05) is 0 Å². The monoisotopic (exact) mass is 651 g/mol. The second-order valence-corrected chi connectivity index (χ2v) is 14.5. The maximum absolute atomic E-state index is 12.4. The van der Waals surface area contributed by atoms with Gasteiger partial charge in [-0.3, -0.25) is 9.59 Å². The average molecular weight is 651 g/mol. The molecule has 0 saturated carbocycles. The first kappa shape index (κ1) is 44.9. The number of carboxylic acid groups (broad SMARTS) is 1. The van der Waals surface area contributed by atoms with Gasteiger partial charge in [-0.15, -0.1) is 0 Å². The van der Waals surface area contributed by atoms with Crippen LogP contribution in [-0.2, 0) is 14.3 Å². The molecule has 1 unspecified atom stereocenters. The molecule has 274 valence electrons. The first-order valence-corrected chi connectivity index (χ1v) is 21.0. The SMILES string of the molecule is CCCCCCCCCCCCCCCCCCCC(=O)OC(CCC)CCCCCCCCCCCCCCCCCC(=O)O. The molecule has 4 nitrogen and oxygen atoms in total. The van der Waals surface area contributed by atoms with Gasteiger partial charge in [0, 0.05) is 12.8 Å². The largest absolute Gasteiger partial charge is 0.481 e. The molecule has 0 spiro atoms. The van der Waals surface area contributed by atoms with Gasteiger partial charge in [-0.2, -0.15) is 0 Å². The zero-order valence-electron chi connectivity index (χ0n) is 31.4. The molecular weight excluding hydrogens is 568 g/mol. The third-order valence-electron chi connectivity index (χ3n) is 9.81. The fourth-order valence-corrected chi connectivity index (χ4v) is 6.77. The summed E-state index contributed by atoms with van der Waals surface area (Å²) in [4.78, 5) is 23.0. The molecule has 0 rings (SSSR count). The van der Waals surface area contributed by atoms with Crippen molar-refractivity contribution >= 4 is 11.9 Å². The van der Waals surface area contributed by atoms with Crippen LogP contribution < -0.4 is 0 Å². The van der Waals surface area contributed by atoms with Crippen molar-refractivity contribution in [2.75, 3.05) is 0 Å². The van der Waals surface area contributed by atoms with E-state index in [2.05, 4.69) is 13.8 Å². The molecule has 1 N–H and O–H groups in total. The number of unbranched alkanes of at least 4 members (excludes halogenated alkanes) is 30. The van der Waals surface area contributed by atoms with Crippen molar-refractivity contribution in [2.24, 2.45) is 0 Å². The molecule has 0 aromatic rings. The summed E-state index contributed by atoms with van der Waals surface area (Å²) in [5, 5.41) is 8.66. The molecule has 0 aromatic carbocycles. The van der Waals surface area contributed by atoms with Gasteiger partial charge in [0.05, 0.1) is 0 Å². The van der Waals surface area contributed by atoms with E-state index in [0.717, 1.165) is 38.5 Å². The lowest BCUT2D eigenvalue weighted by Crippen LogP contribution is -2.18. The maximum Gasteiger partial charge on any atom is 0.306 e. The van der Waals surface area contributed by atoms with Gasteiger partial charge in [-0.1, -0.05) is 206 Å². The number of hydrogen-bond acceptors (Lipinski definition) is 3. The minimum Gasteiger partial charge on any atom is -0.481 e. The van der Waals surface area contributed by atoms with E-state index in [1.54, 1.807) is 0 Å². The van der Waals surface area contributed by atoms with Crippen molar-refractivity contribution in [3.05, 3.63) is 0 Å². The minimum atomic E-state index is -0.663. The Bertz CT molecular complexity index is 619. The van der Waals surface area contributed by atoms with Crippen LogP contribution in [0.4, 0.5) is 0 Å². The number of ether oxygens (including phenoxy) is 1. The summed E-state index contributed by atoms with van der Waals surface area (Å²) in [6.45, 7) is 4.49. The highest BCUT2D eigenvalue weighted by Gasteiger charge is 2.13. The Morgan fingerprint density at radius 3 is 1.02 bits per heavy atom. The summed E-state index contributed by atoms with van der Waals surface area (Å²) in [7, 11) is 0. The second-order valence-electron chi connectivity index (χ2n) is 14.5. The number of hydrogen-bond donors (Lipinski definition) is 1. The number of rotatable bonds is 39. The van der Waals surface area contributed by atoms with Crippen LogP contribution in [0.1, 0.15) is 251 Å². The van der Waals surface area contributed by atoms with E-state index in [-0.39, 0.29) is 12.1 Å². The molecule has 0 heterocycles. The molecule has 4 heteroatoms. The van der Waals surface area contributed by atoms with Crippen LogP contribution in [0.5, 0.6) is 0 Å². The standard InChI is InChI=1S/C42H82O4/c1-3-5-6-7-8-9-10-11-12-13-17-20-23-26-29-32-35-39-42(45)46-40(36-4-2)37-33-30-27-24-21-18-15-14-16-19-22-25-28-31-34-38-41(43)44/h40H,3-39H2,1-2H3,(H,43,44). The van der Waals surface area contributed by atoms with Crippen LogP contribution in [0.25, 0.3) is 0 Å². The molecule has 46 heavy (non-hydrogen) atoms. The Balaban J connectivity index is 3.47. The van der Waals surface area contributed by atoms with Gasteiger partial charge < -0.3 is 9.84 Å². The smallest absolute Gasteiger partial charge is 0.306 e. The fraction of sp³-hybridized carbons (Fsp3) is 0.952. The summed E-state index contributed by atoms with van der Waals surface area (Å²) in [5.74, 6) is -0.626.